The maximum absolute atomic E-state index is 3.82. The molecule has 0 aromatic carbocycles. The molecular formula is C8H13. The third-order valence-electron chi connectivity index (χ3n) is 1.72. The van der Waals surface area contributed by atoms with Gasteiger partial charge >= 0.3 is 0 Å². The summed E-state index contributed by atoms with van der Waals surface area (Å²) in [6, 6.07) is 0. The number of hydrogen-bond donors (Lipinski definition) is 0. The van der Waals surface area contributed by atoms with Crippen LogP contribution in [0.5, 0.6) is 0 Å². The highest BCUT2D eigenvalue weighted by Gasteiger charge is 2.06. The van der Waals surface area contributed by atoms with Gasteiger partial charge in [-0.25, -0.2) is 0 Å². The Kier molecular flexibility index (Phi) is 2.13. The highest BCUT2D eigenvalue weighted by molar-refractivity contribution is 4.93. The molecule has 0 saturated heterocycles. The minimum Gasteiger partial charge on any atom is -0.0882 e. The lowest BCUT2D eigenvalue weighted by Crippen LogP contribution is -1.90. The SMILES string of the molecule is [CH2]CCC1CC=CC1. The normalized spacial score (nSPS) is 20.1. The smallest absolute Gasteiger partial charge is 0.0319 e. The average Bonchev–Trinajstić information content (AvgIpc) is 2.19. The largest absolute Gasteiger partial charge is 0.0882 e. The lowest BCUT2D eigenvalue weighted by atomic mass is 10.0. The molecule has 0 heteroatoms. The highest BCUT2D eigenvalue weighted by Crippen LogP contribution is 2.21. The summed E-state index contributed by atoms with van der Waals surface area (Å²) in [6.45, 7) is 3.82. The zero-order chi connectivity index (χ0) is 5.82. The number of allylic oxidation sites excluding steroid dienone is 2. The fourth-order valence-electron chi connectivity index (χ4n) is 1.20. The Bertz CT molecular complexity index is 74.0. The van der Waals surface area contributed by atoms with E-state index in [4.69, 9.17) is 0 Å². The predicted molar refractivity (Wildman–Crippen MR) is 36.5 cm³/mol. The van der Waals surface area contributed by atoms with Crippen LogP contribution in [0.4, 0.5) is 0 Å². The Morgan fingerprint density at radius 2 is 2.00 bits per heavy atom. The first-order valence-electron chi connectivity index (χ1n) is 3.37. The van der Waals surface area contributed by atoms with E-state index >= 15 is 0 Å². The molecule has 0 amide bonds. The molecule has 0 atom stereocenters. The molecule has 45 valence electrons. The molecule has 8 heavy (non-hydrogen) atoms. The summed E-state index contributed by atoms with van der Waals surface area (Å²) in [7, 11) is 0. The predicted octanol–water partition coefficient (Wildman–Crippen LogP) is 2.57. The van der Waals surface area contributed by atoms with Crippen LogP contribution < -0.4 is 0 Å². The standard InChI is InChI=1S/C8H13/c1-2-5-8-6-3-4-7-8/h3-4,8H,1-2,5-7H2. The second-order valence-corrected chi connectivity index (χ2v) is 2.45. The first-order valence-corrected chi connectivity index (χ1v) is 3.37. The van der Waals surface area contributed by atoms with Crippen molar-refractivity contribution in [2.75, 3.05) is 0 Å². The van der Waals surface area contributed by atoms with Crippen LogP contribution in [0.3, 0.4) is 0 Å². The van der Waals surface area contributed by atoms with Crippen LogP contribution >= 0.6 is 0 Å². The number of hydrogen-bond acceptors (Lipinski definition) is 0. The minimum atomic E-state index is 0.937. The van der Waals surface area contributed by atoms with Gasteiger partial charge in [0.15, 0.2) is 0 Å². The third-order valence-corrected chi connectivity index (χ3v) is 1.72. The van der Waals surface area contributed by atoms with Crippen LogP contribution in [0.15, 0.2) is 12.2 Å². The molecule has 0 fully saturated rings. The van der Waals surface area contributed by atoms with Crippen molar-refractivity contribution >= 4 is 0 Å². The van der Waals surface area contributed by atoms with E-state index in [-0.39, 0.29) is 0 Å². The average molecular weight is 109 g/mol. The van der Waals surface area contributed by atoms with Crippen molar-refractivity contribution in [1.82, 2.24) is 0 Å². The molecule has 0 unspecified atom stereocenters. The molecule has 0 nitrogen and oxygen atoms in total. The van der Waals surface area contributed by atoms with E-state index in [1.54, 1.807) is 0 Å². The summed E-state index contributed by atoms with van der Waals surface area (Å²) in [4.78, 5) is 0. The fourth-order valence-corrected chi connectivity index (χ4v) is 1.20. The van der Waals surface area contributed by atoms with Crippen molar-refractivity contribution in [1.29, 1.82) is 0 Å². The Morgan fingerprint density at radius 3 is 2.50 bits per heavy atom. The van der Waals surface area contributed by atoms with Gasteiger partial charge in [0.2, 0.25) is 0 Å². The zero-order valence-electron chi connectivity index (χ0n) is 5.27. The van der Waals surface area contributed by atoms with Gasteiger partial charge in [-0.05, 0) is 25.2 Å². The maximum Gasteiger partial charge on any atom is -0.0319 e. The van der Waals surface area contributed by atoms with Gasteiger partial charge in [-0.2, -0.15) is 0 Å². The minimum absolute atomic E-state index is 0.937. The molecule has 1 radical (unpaired) electrons. The molecule has 0 spiro atoms. The van der Waals surface area contributed by atoms with Crippen molar-refractivity contribution in [3.63, 3.8) is 0 Å². The summed E-state index contributed by atoms with van der Waals surface area (Å²) < 4.78 is 0. The Labute approximate surface area is 51.6 Å². The van der Waals surface area contributed by atoms with Gasteiger partial charge in [-0.1, -0.05) is 25.5 Å². The van der Waals surface area contributed by atoms with E-state index in [1.807, 2.05) is 0 Å². The number of rotatable bonds is 2. The Hall–Kier alpha value is -0.260. The van der Waals surface area contributed by atoms with E-state index < -0.39 is 0 Å². The van der Waals surface area contributed by atoms with Crippen molar-refractivity contribution in [3.8, 4) is 0 Å². The van der Waals surface area contributed by atoms with Crippen molar-refractivity contribution in [3.05, 3.63) is 19.1 Å². The summed E-state index contributed by atoms with van der Waals surface area (Å²) in [5.74, 6) is 0.937. The van der Waals surface area contributed by atoms with Gasteiger partial charge in [0, 0.05) is 0 Å². The third kappa shape index (κ3) is 1.36. The topological polar surface area (TPSA) is 0 Å². The summed E-state index contributed by atoms with van der Waals surface area (Å²) in [6.07, 6.45) is 9.57. The molecular weight excluding hydrogens is 96.1 g/mol. The van der Waals surface area contributed by atoms with Crippen LogP contribution in [0.1, 0.15) is 25.7 Å². The van der Waals surface area contributed by atoms with Crippen LogP contribution in [0, 0.1) is 12.8 Å². The van der Waals surface area contributed by atoms with Crippen LogP contribution in [0.25, 0.3) is 0 Å². The van der Waals surface area contributed by atoms with Gasteiger partial charge < -0.3 is 0 Å². The van der Waals surface area contributed by atoms with E-state index in [2.05, 4.69) is 19.1 Å². The first-order chi connectivity index (χ1) is 3.93. The van der Waals surface area contributed by atoms with E-state index in [0.717, 1.165) is 12.3 Å². The Morgan fingerprint density at radius 1 is 1.38 bits per heavy atom. The van der Waals surface area contributed by atoms with Crippen molar-refractivity contribution in [2.45, 2.75) is 25.7 Å². The highest BCUT2D eigenvalue weighted by atomic mass is 14.1. The maximum atomic E-state index is 3.82. The molecule has 0 aliphatic heterocycles. The lowest BCUT2D eigenvalue weighted by molar-refractivity contribution is 0.526. The van der Waals surface area contributed by atoms with Crippen molar-refractivity contribution < 1.29 is 0 Å². The van der Waals surface area contributed by atoms with E-state index in [0.29, 0.717) is 0 Å². The quantitative estimate of drug-likeness (QED) is 0.478. The molecule has 1 aliphatic rings. The molecule has 0 N–H and O–H groups in total. The summed E-state index contributed by atoms with van der Waals surface area (Å²) in [5, 5.41) is 0. The molecule has 1 aliphatic carbocycles. The van der Waals surface area contributed by atoms with Crippen LogP contribution in [-0.2, 0) is 0 Å². The summed E-state index contributed by atoms with van der Waals surface area (Å²) in [5.41, 5.74) is 0. The van der Waals surface area contributed by atoms with Gasteiger partial charge in [0.05, 0.1) is 0 Å². The van der Waals surface area contributed by atoms with Gasteiger partial charge in [-0.3, -0.25) is 0 Å². The Balaban J connectivity index is 2.10. The zero-order valence-corrected chi connectivity index (χ0v) is 5.27. The molecule has 0 aromatic heterocycles. The van der Waals surface area contributed by atoms with Gasteiger partial charge in [0.1, 0.15) is 0 Å². The molecule has 0 heterocycles. The molecule has 1 rings (SSSR count). The second-order valence-electron chi connectivity index (χ2n) is 2.45. The summed E-state index contributed by atoms with van der Waals surface area (Å²) >= 11 is 0. The lowest BCUT2D eigenvalue weighted by Gasteiger charge is -2.03. The van der Waals surface area contributed by atoms with E-state index in [9.17, 15) is 0 Å². The van der Waals surface area contributed by atoms with E-state index in [1.165, 1.54) is 19.3 Å². The van der Waals surface area contributed by atoms with Crippen molar-refractivity contribution in [2.24, 2.45) is 5.92 Å². The first kappa shape index (κ1) is 5.87. The fraction of sp³-hybridized carbons (Fsp3) is 0.625. The van der Waals surface area contributed by atoms with Gasteiger partial charge in [-0.15, -0.1) is 0 Å². The molecule has 0 saturated carbocycles. The van der Waals surface area contributed by atoms with Gasteiger partial charge in [0.25, 0.3) is 0 Å². The van der Waals surface area contributed by atoms with Crippen LogP contribution in [0.2, 0.25) is 0 Å². The second kappa shape index (κ2) is 2.91. The van der Waals surface area contributed by atoms with Crippen LogP contribution in [-0.4, -0.2) is 0 Å². The molecule has 0 aromatic rings. The monoisotopic (exact) mass is 109 g/mol. The molecule has 0 bridgehead atoms.